The van der Waals surface area contributed by atoms with Gasteiger partial charge in [-0.05, 0) is 68.1 Å². The van der Waals surface area contributed by atoms with Crippen LogP contribution in [0.5, 0.6) is 0 Å². The molecule has 1 heterocycles. The number of thiazole rings is 1. The molecule has 0 amide bonds. The van der Waals surface area contributed by atoms with Gasteiger partial charge in [-0.3, -0.25) is 4.79 Å². The number of esters is 1. The molecule has 0 saturated heterocycles. The fourth-order valence-electron chi connectivity index (χ4n) is 6.32. The minimum atomic E-state index is 0.0257. The van der Waals surface area contributed by atoms with Gasteiger partial charge in [-0.15, -0.1) is 11.3 Å². The van der Waals surface area contributed by atoms with Crippen LogP contribution in [0.15, 0.2) is 5.51 Å². The standard InChI is InChI=1S/C19H27NO2S/c1-13-16(23-12-20-13)3-4-22-17(21)10-19-8-14-5-15(9-19)7-18(2,6-14)11-19/h12,14-15H,3-11H2,1-2H3/t14-,15+,18?,19?. The first-order valence-electron chi connectivity index (χ1n) is 9.00. The van der Waals surface area contributed by atoms with Gasteiger partial charge in [0.25, 0.3) is 0 Å². The van der Waals surface area contributed by atoms with E-state index >= 15 is 0 Å². The van der Waals surface area contributed by atoms with Crippen molar-refractivity contribution >= 4 is 17.3 Å². The van der Waals surface area contributed by atoms with Crippen molar-refractivity contribution in [3.8, 4) is 0 Å². The van der Waals surface area contributed by atoms with E-state index < -0.39 is 0 Å². The van der Waals surface area contributed by atoms with Crippen LogP contribution in [0.1, 0.15) is 62.4 Å². The molecule has 4 bridgehead atoms. The lowest BCUT2D eigenvalue weighted by atomic mass is 9.44. The van der Waals surface area contributed by atoms with Crippen molar-refractivity contribution in [1.29, 1.82) is 0 Å². The Kier molecular flexibility index (Phi) is 3.79. The first kappa shape index (κ1) is 15.6. The Morgan fingerprint density at radius 3 is 2.70 bits per heavy atom. The summed E-state index contributed by atoms with van der Waals surface area (Å²) >= 11 is 1.65. The molecule has 4 aliphatic carbocycles. The van der Waals surface area contributed by atoms with E-state index in [-0.39, 0.29) is 11.4 Å². The molecule has 0 spiro atoms. The molecule has 5 rings (SSSR count). The highest BCUT2D eigenvalue weighted by Crippen LogP contribution is 2.66. The van der Waals surface area contributed by atoms with Gasteiger partial charge in [0.1, 0.15) is 0 Å². The minimum Gasteiger partial charge on any atom is -0.465 e. The molecule has 0 N–H and O–H groups in total. The maximum atomic E-state index is 12.4. The normalized spacial score (nSPS) is 38.0. The summed E-state index contributed by atoms with van der Waals surface area (Å²) in [4.78, 5) is 17.9. The molecule has 4 atom stereocenters. The third-order valence-electron chi connectivity index (χ3n) is 6.43. The van der Waals surface area contributed by atoms with E-state index in [0.717, 1.165) is 24.0 Å². The van der Waals surface area contributed by atoms with E-state index in [4.69, 9.17) is 4.74 Å². The summed E-state index contributed by atoms with van der Waals surface area (Å²) in [5, 5.41) is 0. The molecule has 126 valence electrons. The number of hydrogen-bond donors (Lipinski definition) is 0. The minimum absolute atomic E-state index is 0.0257. The number of nitrogens with zero attached hydrogens (tertiary/aromatic N) is 1. The summed E-state index contributed by atoms with van der Waals surface area (Å²) in [6, 6.07) is 0. The number of rotatable bonds is 5. The zero-order chi connectivity index (χ0) is 16.1. The van der Waals surface area contributed by atoms with Crippen molar-refractivity contribution in [2.24, 2.45) is 22.7 Å². The summed E-state index contributed by atoms with van der Waals surface area (Å²) in [6.07, 6.45) is 9.43. The summed E-state index contributed by atoms with van der Waals surface area (Å²) in [5.41, 5.74) is 3.70. The van der Waals surface area contributed by atoms with E-state index in [1.165, 1.54) is 43.4 Å². The largest absolute Gasteiger partial charge is 0.465 e. The van der Waals surface area contributed by atoms with Crippen molar-refractivity contribution in [2.45, 2.75) is 65.2 Å². The summed E-state index contributed by atoms with van der Waals surface area (Å²) in [7, 11) is 0. The number of carbonyl (C=O) groups excluding carboxylic acids is 1. The lowest BCUT2D eigenvalue weighted by Crippen LogP contribution is -2.51. The van der Waals surface area contributed by atoms with E-state index in [0.29, 0.717) is 18.4 Å². The van der Waals surface area contributed by atoms with Crippen LogP contribution in [-0.4, -0.2) is 17.6 Å². The number of aromatic nitrogens is 1. The van der Waals surface area contributed by atoms with Gasteiger partial charge < -0.3 is 4.74 Å². The molecule has 1 aromatic heterocycles. The number of ether oxygens (including phenoxy) is 1. The number of hydrogen-bond acceptors (Lipinski definition) is 4. The zero-order valence-corrected chi connectivity index (χ0v) is 15.1. The van der Waals surface area contributed by atoms with Crippen LogP contribution in [0.25, 0.3) is 0 Å². The van der Waals surface area contributed by atoms with Crippen LogP contribution in [0, 0.1) is 29.6 Å². The van der Waals surface area contributed by atoms with E-state index in [1.807, 2.05) is 12.4 Å². The highest BCUT2D eigenvalue weighted by Gasteiger charge is 2.56. The van der Waals surface area contributed by atoms with Crippen LogP contribution < -0.4 is 0 Å². The lowest BCUT2D eigenvalue weighted by Gasteiger charge is -2.61. The Bertz CT molecular complexity index is 594. The smallest absolute Gasteiger partial charge is 0.306 e. The molecule has 3 nitrogen and oxygen atoms in total. The highest BCUT2D eigenvalue weighted by atomic mass is 32.1. The molecule has 0 radical (unpaired) electrons. The number of aryl methyl sites for hydroxylation is 1. The zero-order valence-electron chi connectivity index (χ0n) is 14.3. The second kappa shape index (κ2) is 5.58. The average Bonchev–Trinajstić information content (AvgIpc) is 2.80. The molecule has 4 heteroatoms. The van der Waals surface area contributed by atoms with Crippen molar-refractivity contribution in [2.75, 3.05) is 6.61 Å². The second-order valence-electron chi connectivity index (χ2n) is 8.78. The molecular weight excluding hydrogens is 306 g/mol. The summed E-state index contributed by atoms with van der Waals surface area (Å²) < 4.78 is 5.58. The first-order chi connectivity index (χ1) is 11.0. The van der Waals surface area contributed by atoms with Crippen LogP contribution >= 0.6 is 11.3 Å². The SMILES string of the molecule is Cc1ncsc1CCOC(=O)CC12C[C@@H]3C[C@@H](CC(C)(C3)C1)C2. The van der Waals surface area contributed by atoms with Crippen LogP contribution in [0.2, 0.25) is 0 Å². The fraction of sp³-hybridized carbons (Fsp3) is 0.789. The third kappa shape index (κ3) is 3.07. The predicted octanol–water partition coefficient (Wildman–Crippen LogP) is 4.53. The Balaban J connectivity index is 1.33. The molecule has 4 aliphatic rings. The Morgan fingerprint density at radius 1 is 1.35 bits per heavy atom. The average molecular weight is 333 g/mol. The van der Waals surface area contributed by atoms with Gasteiger partial charge in [-0.2, -0.15) is 0 Å². The van der Waals surface area contributed by atoms with Gasteiger partial charge in [-0.1, -0.05) is 6.92 Å². The van der Waals surface area contributed by atoms with E-state index in [2.05, 4.69) is 11.9 Å². The van der Waals surface area contributed by atoms with Crippen molar-refractivity contribution in [1.82, 2.24) is 4.98 Å². The molecule has 4 saturated carbocycles. The van der Waals surface area contributed by atoms with Gasteiger partial charge in [-0.25, -0.2) is 4.98 Å². The summed E-state index contributed by atoms with van der Waals surface area (Å²) in [5.74, 6) is 1.76. The van der Waals surface area contributed by atoms with Gasteiger partial charge in [0, 0.05) is 11.3 Å². The van der Waals surface area contributed by atoms with Crippen molar-refractivity contribution in [3.63, 3.8) is 0 Å². The van der Waals surface area contributed by atoms with Gasteiger partial charge in [0.15, 0.2) is 0 Å². The molecule has 2 unspecified atom stereocenters. The molecule has 0 aromatic carbocycles. The van der Waals surface area contributed by atoms with Crippen LogP contribution in [-0.2, 0) is 16.0 Å². The second-order valence-corrected chi connectivity index (χ2v) is 9.72. The van der Waals surface area contributed by atoms with Crippen molar-refractivity contribution < 1.29 is 9.53 Å². The highest BCUT2D eigenvalue weighted by molar-refractivity contribution is 7.09. The predicted molar refractivity (Wildman–Crippen MR) is 91.4 cm³/mol. The maximum absolute atomic E-state index is 12.4. The quantitative estimate of drug-likeness (QED) is 0.743. The lowest BCUT2D eigenvalue weighted by molar-refractivity contribution is -0.156. The third-order valence-corrected chi connectivity index (χ3v) is 7.43. The topological polar surface area (TPSA) is 39.2 Å². The van der Waals surface area contributed by atoms with Gasteiger partial charge in [0.05, 0.1) is 24.2 Å². The van der Waals surface area contributed by atoms with E-state index in [1.54, 1.807) is 11.3 Å². The summed E-state index contributed by atoms with van der Waals surface area (Å²) in [6.45, 7) is 4.98. The Labute approximate surface area is 142 Å². The van der Waals surface area contributed by atoms with Crippen LogP contribution in [0.3, 0.4) is 0 Å². The van der Waals surface area contributed by atoms with E-state index in [9.17, 15) is 4.79 Å². The molecule has 1 aromatic rings. The molecule has 4 fully saturated rings. The Hall–Kier alpha value is -0.900. The monoisotopic (exact) mass is 333 g/mol. The van der Waals surface area contributed by atoms with Crippen molar-refractivity contribution in [3.05, 3.63) is 16.1 Å². The first-order valence-corrected chi connectivity index (χ1v) is 9.88. The van der Waals surface area contributed by atoms with Gasteiger partial charge in [0.2, 0.25) is 0 Å². The molecule has 0 aliphatic heterocycles. The Morgan fingerprint density at radius 2 is 2.09 bits per heavy atom. The molecular formula is C19H27NO2S. The fourth-order valence-corrected chi connectivity index (χ4v) is 7.08. The molecule has 23 heavy (non-hydrogen) atoms. The van der Waals surface area contributed by atoms with Gasteiger partial charge >= 0.3 is 5.97 Å². The van der Waals surface area contributed by atoms with Crippen LogP contribution in [0.4, 0.5) is 0 Å². The maximum Gasteiger partial charge on any atom is 0.306 e. The number of carbonyl (C=O) groups is 1.